The van der Waals surface area contributed by atoms with Crippen molar-refractivity contribution in [1.29, 1.82) is 0 Å². The van der Waals surface area contributed by atoms with Gasteiger partial charge in [-0.15, -0.1) is 0 Å². The van der Waals surface area contributed by atoms with Crippen LogP contribution in [-0.2, 0) is 5.41 Å². The van der Waals surface area contributed by atoms with Crippen LogP contribution in [0.5, 0.6) is 0 Å². The van der Waals surface area contributed by atoms with Gasteiger partial charge in [0.25, 0.3) is 0 Å². The van der Waals surface area contributed by atoms with Crippen LogP contribution < -0.4 is 11.5 Å². The maximum absolute atomic E-state index is 12.9. The zero-order valence-corrected chi connectivity index (χ0v) is 12.3. The first-order chi connectivity index (χ1) is 9.27. The molecule has 0 bridgehead atoms. The summed E-state index contributed by atoms with van der Waals surface area (Å²) in [6.07, 6.45) is 7.05. The second-order valence-corrected chi connectivity index (χ2v) is 6.33. The average Bonchev–Trinajstić information content (AvgIpc) is 2.40. The highest BCUT2D eigenvalue weighted by atomic mass is 16.1. The number of Topliss-reactive ketones (excluding diaryl/α,β-unsaturated/α-hetero) is 1. The Morgan fingerprint density at radius 2 is 1.85 bits per heavy atom. The van der Waals surface area contributed by atoms with E-state index in [-0.39, 0.29) is 11.2 Å². The lowest BCUT2D eigenvalue weighted by molar-refractivity contribution is 0.0909. The van der Waals surface area contributed by atoms with Gasteiger partial charge in [0.1, 0.15) is 5.54 Å². The fraction of sp³-hybridized carbons (Fsp3) is 0.353. The fourth-order valence-corrected chi connectivity index (χ4v) is 2.46. The molecule has 0 fully saturated rings. The smallest absolute Gasteiger partial charge is 0.188 e. The second-order valence-electron chi connectivity index (χ2n) is 6.33. The summed E-state index contributed by atoms with van der Waals surface area (Å²) in [5.74, 6) is -0.129. The summed E-state index contributed by atoms with van der Waals surface area (Å²) in [5, 5.41) is 0. The molecule has 1 aliphatic rings. The number of benzene rings is 1. The number of hydrogen-bond acceptors (Lipinski definition) is 3. The van der Waals surface area contributed by atoms with Gasteiger partial charge >= 0.3 is 0 Å². The van der Waals surface area contributed by atoms with Crippen molar-refractivity contribution in [3.63, 3.8) is 0 Å². The van der Waals surface area contributed by atoms with Crippen LogP contribution in [0.1, 0.15) is 36.7 Å². The molecule has 0 spiro atoms. The molecular weight excluding hydrogens is 248 g/mol. The van der Waals surface area contributed by atoms with Gasteiger partial charge in [-0.2, -0.15) is 0 Å². The molecule has 2 atom stereocenters. The van der Waals surface area contributed by atoms with Crippen LogP contribution in [0.4, 0.5) is 0 Å². The van der Waals surface area contributed by atoms with Crippen LogP contribution in [-0.4, -0.2) is 17.4 Å². The summed E-state index contributed by atoms with van der Waals surface area (Å²) in [5.41, 5.74) is 12.7. The summed E-state index contributed by atoms with van der Waals surface area (Å²) in [7, 11) is 0. The van der Waals surface area contributed by atoms with Gasteiger partial charge in [-0.1, -0.05) is 69.3 Å². The summed E-state index contributed by atoms with van der Waals surface area (Å²) >= 11 is 0. The topological polar surface area (TPSA) is 69.1 Å². The molecule has 106 valence electrons. The van der Waals surface area contributed by atoms with Crippen molar-refractivity contribution in [1.82, 2.24) is 0 Å². The van der Waals surface area contributed by atoms with Gasteiger partial charge in [0.15, 0.2) is 5.78 Å². The van der Waals surface area contributed by atoms with E-state index >= 15 is 0 Å². The highest BCUT2D eigenvalue weighted by molar-refractivity contribution is 6.06. The van der Waals surface area contributed by atoms with Crippen molar-refractivity contribution in [2.75, 3.05) is 0 Å². The maximum Gasteiger partial charge on any atom is 0.188 e. The van der Waals surface area contributed by atoms with E-state index in [1.165, 1.54) is 0 Å². The van der Waals surface area contributed by atoms with Gasteiger partial charge in [0.05, 0.1) is 6.04 Å². The van der Waals surface area contributed by atoms with Crippen LogP contribution in [0.2, 0.25) is 0 Å². The zero-order chi connectivity index (χ0) is 15.0. The Balaban J connectivity index is 2.50. The lowest BCUT2D eigenvalue weighted by atomic mass is 9.76. The van der Waals surface area contributed by atoms with E-state index in [4.69, 9.17) is 11.5 Å². The van der Waals surface area contributed by atoms with Gasteiger partial charge in [-0.3, -0.25) is 4.79 Å². The highest BCUT2D eigenvalue weighted by Gasteiger charge is 2.39. The SMILES string of the molecule is CC(C)(C)c1ccccc1C(=O)C1(N)C=CC=CC1N. The fourth-order valence-electron chi connectivity index (χ4n) is 2.46. The first kappa shape index (κ1) is 14.7. The minimum absolute atomic E-state index is 0.124. The lowest BCUT2D eigenvalue weighted by Gasteiger charge is -2.33. The summed E-state index contributed by atoms with van der Waals surface area (Å²) < 4.78 is 0. The van der Waals surface area contributed by atoms with Gasteiger partial charge in [0, 0.05) is 5.56 Å². The van der Waals surface area contributed by atoms with Crippen LogP contribution in [0.25, 0.3) is 0 Å². The van der Waals surface area contributed by atoms with Gasteiger partial charge < -0.3 is 11.5 Å². The van der Waals surface area contributed by atoms with Gasteiger partial charge in [0.2, 0.25) is 0 Å². The molecule has 1 aromatic rings. The molecule has 3 heteroatoms. The van der Waals surface area contributed by atoms with Crippen molar-refractivity contribution >= 4 is 5.78 Å². The molecular formula is C17H22N2O. The second kappa shape index (κ2) is 5.00. The molecule has 3 nitrogen and oxygen atoms in total. The number of nitrogens with two attached hydrogens (primary N) is 2. The molecule has 0 heterocycles. The van der Waals surface area contributed by atoms with E-state index < -0.39 is 11.6 Å². The first-order valence-corrected chi connectivity index (χ1v) is 6.81. The number of ketones is 1. The molecule has 2 unspecified atom stereocenters. The van der Waals surface area contributed by atoms with Gasteiger partial charge in [-0.05, 0) is 11.0 Å². The van der Waals surface area contributed by atoms with Crippen LogP contribution in [0.3, 0.4) is 0 Å². The molecule has 2 rings (SSSR count). The molecule has 4 N–H and O–H groups in total. The minimum Gasteiger partial charge on any atom is -0.322 e. The summed E-state index contributed by atoms with van der Waals surface area (Å²) in [6, 6.07) is 7.10. The van der Waals surface area contributed by atoms with E-state index in [0.717, 1.165) is 5.56 Å². The zero-order valence-electron chi connectivity index (χ0n) is 12.3. The van der Waals surface area contributed by atoms with E-state index in [2.05, 4.69) is 20.8 Å². The third-order valence-corrected chi connectivity index (χ3v) is 3.73. The Labute approximate surface area is 120 Å². The quantitative estimate of drug-likeness (QED) is 0.810. The third kappa shape index (κ3) is 2.47. The molecule has 1 aliphatic carbocycles. The first-order valence-electron chi connectivity index (χ1n) is 6.81. The molecule has 0 radical (unpaired) electrons. The standard InChI is InChI=1S/C17H22N2O/c1-16(2,3)13-9-5-4-8-12(13)15(20)17(19)11-7-6-10-14(17)18/h4-11,14H,18-19H2,1-3H3. The number of rotatable bonds is 2. The Bertz CT molecular complexity index is 581. The summed E-state index contributed by atoms with van der Waals surface area (Å²) in [6.45, 7) is 6.25. The molecule has 20 heavy (non-hydrogen) atoms. The van der Waals surface area contributed by atoms with Crippen LogP contribution in [0, 0.1) is 0 Å². The molecule has 0 saturated heterocycles. The predicted octanol–water partition coefficient (Wildman–Crippen LogP) is 2.32. The number of allylic oxidation sites excluding steroid dienone is 2. The number of carbonyl (C=O) groups is 1. The Hall–Kier alpha value is -1.71. The van der Waals surface area contributed by atoms with Crippen LogP contribution >= 0.6 is 0 Å². The van der Waals surface area contributed by atoms with E-state index in [0.29, 0.717) is 5.56 Å². The normalized spacial score (nSPS) is 25.8. The molecule has 1 aromatic carbocycles. The summed E-state index contributed by atoms with van der Waals surface area (Å²) in [4.78, 5) is 12.9. The van der Waals surface area contributed by atoms with E-state index in [9.17, 15) is 4.79 Å². The van der Waals surface area contributed by atoms with Crippen molar-refractivity contribution in [3.05, 3.63) is 59.7 Å². The molecule has 0 aromatic heterocycles. The van der Waals surface area contributed by atoms with Crippen molar-refractivity contribution in [2.24, 2.45) is 11.5 Å². The van der Waals surface area contributed by atoms with Gasteiger partial charge in [-0.25, -0.2) is 0 Å². The molecule has 0 amide bonds. The highest BCUT2D eigenvalue weighted by Crippen LogP contribution is 2.29. The van der Waals surface area contributed by atoms with Crippen LogP contribution in [0.15, 0.2) is 48.6 Å². The minimum atomic E-state index is -1.17. The lowest BCUT2D eigenvalue weighted by Crippen LogP contribution is -2.59. The predicted molar refractivity (Wildman–Crippen MR) is 82.6 cm³/mol. The van der Waals surface area contributed by atoms with Crippen molar-refractivity contribution in [2.45, 2.75) is 37.8 Å². The number of hydrogen-bond donors (Lipinski definition) is 2. The van der Waals surface area contributed by atoms with Crippen molar-refractivity contribution < 1.29 is 4.79 Å². The number of carbonyl (C=O) groups excluding carboxylic acids is 1. The third-order valence-electron chi connectivity index (χ3n) is 3.73. The molecule has 0 saturated carbocycles. The van der Waals surface area contributed by atoms with Crippen molar-refractivity contribution in [3.8, 4) is 0 Å². The van der Waals surface area contributed by atoms with E-state index in [1.54, 1.807) is 18.2 Å². The Morgan fingerprint density at radius 3 is 2.45 bits per heavy atom. The monoisotopic (exact) mass is 270 g/mol. The largest absolute Gasteiger partial charge is 0.322 e. The Kier molecular flexibility index (Phi) is 3.67. The maximum atomic E-state index is 12.9. The Morgan fingerprint density at radius 1 is 1.20 bits per heavy atom. The molecule has 0 aliphatic heterocycles. The average molecular weight is 270 g/mol. The van der Waals surface area contributed by atoms with E-state index in [1.807, 2.05) is 30.3 Å².